The summed E-state index contributed by atoms with van der Waals surface area (Å²) in [5, 5.41) is 0. The Hall–Kier alpha value is -0.830. The third-order valence-electron chi connectivity index (χ3n) is 4.34. The molecule has 3 heteroatoms. The molecule has 102 valence electrons. The third kappa shape index (κ3) is 2.71. The maximum absolute atomic E-state index is 12.4. The highest BCUT2D eigenvalue weighted by Crippen LogP contribution is 2.36. The van der Waals surface area contributed by atoms with Crippen molar-refractivity contribution in [3.8, 4) is 5.75 Å². The van der Waals surface area contributed by atoms with E-state index in [0.717, 1.165) is 41.7 Å². The van der Waals surface area contributed by atoms with Crippen LogP contribution in [0.3, 0.4) is 0 Å². The molecule has 0 N–H and O–H groups in total. The normalized spacial score (nSPS) is 25.2. The number of ketones is 1. The lowest BCUT2D eigenvalue weighted by molar-refractivity contribution is -0.122. The predicted molar refractivity (Wildman–Crippen MR) is 78.6 cm³/mol. The van der Waals surface area contributed by atoms with Crippen molar-refractivity contribution in [2.45, 2.75) is 39.0 Å². The summed E-state index contributed by atoms with van der Waals surface area (Å²) in [4.78, 5) is 12.4. The molecular weight excluding hydrogens is 304 g/mol. The van der Waals surface area contributed by atoms with Crippen LogP contribution < -0.4 is 4.74 Å². The fraction of sp³-hybridized carbons (Fsp3) is 0.562. The molecule has 0 radical (unpaired) electrons. The van der Waals surface area contributed by atoms with Crippen molar-refractivity contribution in [1.82, 2.24) is 0 Å². The average Bonchev–Trinajstić information content (AvgIpc) is 2.97. The van der Waals surface area contributed by atoms with E-state index >= 15 is 0 Å². The summed E-state index contributed by atoms with van der Waals surface area (Å²) in [5.74, 6) is 2.33. The van der Waals surface area contributed by atoms with Gasteiger partial charge in [0.1, 0.15) is 11.5 Å². The van der Waals surface area contributed by atoms with Gasteiger partial charge in [-0.3, -0.25) is 4.79 Å². The number of carbonyl (C=O) groups is 1. The van der Waals surface area contributed by atoms with Crippen LogP contribution in [0, 0.1) is 11.8 Å². The van der Waals surface area contributed by atoms with Crippen LogP contribution in [0.5, 0.6) is 5.75 Å². The fourth-order valence-corrected chi connectivity index (χ4v) is 3.86. The lowest BCUT2D eigenvalue weighted by atomic mass is 9.94. The highest BCUT2D eigenvalue weighted by molar-refractivity contribution is 9.10. The first-order chi connectivity index (χ1) is 9.13. The molecule has 2 aliphatic rings. The van der Waals surface area contributed by atoms with E-state index in [1.807, 2.05) is 6.07 Å². The zero-order valence-electron chi connectivity index (χ0n) is 11.2. The lowest BCUT2D eigenvalue weighted by Crippen LogP contribution is -2.14. The van der Waals surface area contributed by atoms with Crippen molar-refractivity contribution in [3.63, 3.8) is 0 Å². The first-order valence-corrected chi connectivity index (χ1v) is 7.89. The number of hydrogen-bond donors (Lipinski definition) is 0. The van der Waals surface area contributed by atoms with Gasteiger partial charge in [-0.2, -0.15) is 0 Å². The lowest BCUT2D eigenvalue weighted by Gasteiger charge is -2.12. The molecule has 1 aliphatic heterocycles. The zero-order chi connectivity index (χ0) is 13.4. The molecule has 1 aliphatic carbocycles. The number of ether oxygens (including phenoxy) is 1. The van der Waals surface area contributed by atoms with Crippen molar-refractivity contribution in [1.29, 1.82) is 0 Å². The summed E-state index contributed by atoms with van der Waals surface area (Å²) >= 11 is 3.53. The van der Waals surface area contributed by atoms with Gasteiger partial charge in [0.05, 0.1) is 6.61 Å². The Morgan fingerprint density at radius 2 is 2.26 bits per heavy atom. The van der Waals surface area contributed by atoms with Gasteiger partial charge in [0.25, 0.3) is 0 Å². The first-order valence-electron chi connectivity index (χ1n) is 7.10. The second kappa shape index (κ2) is 5.28. The smallest absolute Gasteiger partial charge is 0.140 e. The summed E-state index contributed by atoms with van der Waals surface area (Å²) in [6.07, 6.45) is 4.81. The number of carbonyl (C=O) groups excluding carboxylic acids is 1. The SMILES string of the molecule is CC1CCC(C(=O)Cc2cc(Br)cc3c2OCC3)C1. The minimum atomic E-state index is 0.269. The molecule has 0 spiro atoms. The Balaban J connectivity index is 1.78. The van der Waals surface area contributed by atoms with Crippen LogP contribution in [0.25, 0.3) is 0 Å². The van der Waals surface area contributed by atoms with Crippen LogP contribution in [0.1, 0.15) is 37.3 Å². The maximum atomic E-state index is 12.4. The van der Waals surface area contributed by atoms with Crippen molar-refractivity contribution < 1.29 is 9.53 Å². The minimum Gasteiger partial charge on any atom is -0.493 e. The molecule has 1 saturated carbocycles. The number of halogens is 1. The summed E-state index contributed by atoms with van der Waals surface area (Å²) in [5.41, 5.74) is 2.29. The van der Waals surface area contributed by atoms with Crippen molar-refractivity contribution in [2.75, 3.05) is 6.61 Å². The molecule has 0 amide bonds. The van der Waals surface area contributed by atoms with Crippen LogP contribution in [0.2, 0.25) is 0 Å². The van der Waals surface area contributed by atoms with Gasteiger partial charge in [0.2, 0.25) is 0 Å². The summed E-state index contributed by atoms with van der Waals surface area (Å²) in [6, 6.07) is 4.15. The molecule has 1 heterocycles. The summed E-state index contributed by atoms with van der Waals surface area (Å²) in [6.45, 7) is 2.99. The van der Waals surface area contributed by atoms with Gasteiger partial charge in [0.15, 0.2) is 0 Å². The average molecular weight is 323 g/mol. The van der Waals surface area contributed by atoms with E-state index in [2.05, 4.69) is 28.9 Å². The minimum absolute atomic E-state index is 0.269. The number of benzene rings is 1. The largest absolute Gasteiger partial charge is 0.493 e. The molecule has 0 aromatic heterocycles. The van der Waals surface area contributed by atoms with Gasteiger partial charge >= 0.3 is 0 Å². The highest BCUT2D eigenvalue weighted by atomic mass is 79.9. The summed E-state index contributed by atoms with van der Waals surface area (Å²) in [7, 11) is 0. The molecule has 19 heavy (non-hydrogen) atoms. The molecule has 2 unspecified atom stereocenters. The Kier molecular flexibility index (Phi) is 3.66. The standard InChI is InChI=1S/C16H19BrO2/c1-10-2-3-11(6-10)15(18)9-13-8-14(17)7-12-4-5-19-16(12)13/h7-8,10-11H,2-6,9H2,1H3. The van der Waals surface area contributed by atoms with Crippen LogP contribution in [0.4, 0.5) is 0 Å². The van der Waals surface area contributed by atoms with E-state index < -0.39 is 0 Å². The number of Topliss-reactive ketones (excluding diaryl/α,β-unsaturated/α-hetero) is 1. The van der Waals surface area contributed by atoms with E-state index in [9.17, 15) is 4.79 Å². The Bertz CT molecular complexity index is 510. The zero-order valence-corrected chi connectivity index (χ0v) is 12.8. The Morgan fingerprint density at radius 3 is 3.00 bits per heavy atom. The Labute approximate surface area is 122 Å². The predicted octanol–water partition coefficient (Wildman–Crippen LogP) is 3.93. The van der Waals surface area contributed by atoms with E-state index in [1.54, 1.807) is 0 Å². The van der Waals surface area contributed by atoms with Crippen molar-refractivity contribution in [2.24, 2.45) is 11.8 Å². The maximum Gasteiger partial charge on any atom is 0.140 e. The Morgan fingerprint density at radius 1 is 1.42 bits per heavy atom. The molecule has 0 bridgehead atoms. The van der Waals surface area contributed by atoms with Gasteiger partial charge < -0.3 is 4.74 Å². The van der Waals surface area contributed by atoms with Crippen molar-refractivity contribution in [3.05, 3.63) is 27.7 Å². The third-order valence-corrected chi connectivity index (χ3v) is 4.80. The van der Waals surface area contributed by atoms with Gasteiger partial charge in [-0.05, 0) is 42.9 Å². The molecule has 2 nitrogen and oxygen atoms in total. The monoisotopic (exact) mass is 322 g/mol. The van der Waals surface area contributed by atoms with Gasteiger partial charge in [0, 0.05) is 28.8 Å². The number of hydrogen-bond acceptors (Lipinski definition) is 2. The number of fused-ring (bicyclic) bond motifs is 1. The van der Waals surface area contributed by atoms with Crippen molar-refractivity contribution >= 4 is 21.7 Å². The van der Waals surface area contributed by atoms with Crippen LogP contribution in [-0.4, -0.2) is 12.4 Å². The van der Waals surface area contributed by atoms with E-state index in [4.69, 9.17) is 4.74 Å². The second-order valence-electron chi connectivity index (χ2n) is 5.91. The first kappa shape index (κ1) is 13.2. The number of rotatable bonds is 3. The quantitative estimate of drug-likeness (QED) is 0.842. The molecule has 1 fully saturated rings. The highest BCUT2D eigenvalue weighted by Gasteiger charge is 2.28. The molecular formula is C16H19BrO2. The summed E-state index contributed by atoms with van der Waals surface area (Å²) < 4.78 is 6.75. The van der Waals surface area contributed by atoms with E-state index in [0.29, 0.717) is 18.1 Å². The second-order valence-corrected chi connectivity index (χ2v) is 6.83. The molecule has 0 saturated heterocycles. The molecule has 1 aromatic carbocycles. The van der Waals surface area contributed by atoms with Crippen LogP contribution in [0.15, 0.2) is 16.6 Å². The van der Waals surface area contributed by atoms with Gasteiger partial charge in [-0.1, -0.05) is 22.9 Å². The van der Waals surface area contributed by atoms with E-state index in [1.165, 1.54) is 12.0 Å². The molecule has 3 rings (SSSR count). The molecule has 1 aromatic rings. The molecule has 2 atom stereocenters. The van der Waals surface area contributed by atoms with Crippen LogP contribution >= 0.6 is 15.9 Å². The fourth-order valence-electron chi connectivity index (χ4n) is 3.31. The van der Waals surface area contributed by atoms with Gasteiger partial charge in [-0.15, -0.1) is 0 Å². The van der Waals surface area contributed by atoms with Crippen LogP contribution in [-0.2, 0) is 17.6 Å². The topological polar surface area (TPSA) is 26.3 Å². The van der Waals surface area contributed by atoms with E-state index in [-0.39, 0.29) is 5.92 Å². The van der Waals surface area contributed by atoms with Gasteiger partial charge in [-0.25, -0.2) is 0 Å².